The number of oxime groups is 1. The average molecular weight is 239 g/mol. The number of carbonyl (C=O) groups excluding carboxylic acids is 2. The van der Waals surface area contributed by atoms with Gasteiger partial charge in [0.1, 0.15) is 0 Å². The third-order valence-corrected chi connectivity index (χ3v) is 3.51. The van der Waals surface area contributed by atoms with Crippen LogP contribution in [0.15, 0.2) is 5.16 Å². The minimum Gasteiger partial charge on any atom is -0.409 e. The minimum atomic E-state index is -0.374. The second-order valence-corrected chi connectivity index (χ2v) is 4.59. The van der Waals surface area contributed by atoms with Crippen molar-refractivity contribution < 1.29 is 14.8 Å². The molecule has 3 amide bonds. The molecule has 0 aromatic carbocycles. The van der Waals surface area contributed by atoms with Gasteiger partial charge in [-0.05, 0) is 12.8 Å². The summed E-state index contributed by atoms with van der Waals surface area (Å²) in [6.07, 6.45) is 5.14. The molecule has 1 aliphatic carbocycles. The lowest BCUT2D eigenvalue weighted by atomic mass is 9.93. The molecule has 0 aromatic heterocycles. The first-order valence-electron chi connectivity index (χ1n) is 5.96. The van der Waals surface area contributed by atoms with Crippen LogP contribution < -0.4 is 0 Å². The van der Waals surface area contributed by atoms with E-state index in [1.807, 2.05) is 0 Å². The first-order chi connectivity index (χ1) is 8.15. The average Bonchev–Trinajstić information content (AvgIpc) is 2.36. The summed E-state index contributed by atoms with van der Waals surface area (Å²) in [7, 11) is 1.47. The van der Waals surface area contributed by atoms with Crippen molar-refractivity contribution in [3.05, 3.63) is 0 Å². The van der Waals surface area contributed by atoms with Crippen molar-refractivity contribution in [1.29, 1.82) is 0 Å². The molecule has 1 saturated carbocycles. The van der Waals surface area contributed by atoms with Gasteiger partial charge >= 0.3 is 6.03 Å². The van der Waals surface area contributed by atoms with E-state index in [1.165, 1.54) is 18.4 Å². The summed E-state index contributed by atoms with van der Waals surface area (Å²) in [4.78, 5) is 26.1. The first kappa shape index (κ1) is 11.9. The van der Waals surface area contributed by atoms with Gasteiger partial charge in [0.25, 0.3) is 0 Å². The highest BCUT2D eigenvalue weighted by Crippen LogP contribution is 2.26. The SMILES string of the molecule is CN1C(=O)CC(=NO)N(C2CCCCC2)C1=O. The van der Waals surface area contributed by atoms with E-state index in [2.05, 4.69) is 5.16 Å². The van der Waals surface area contributed by atoms with Crippen LogP contribution in [-0.4, -0.2) is 45.9 Å². The van der Waals surface area contributed by atoms with Crippen LogP contribution in [0, 0.1) is 0 Å². The van der Waals surface area contributed by atoms with E-state index in [9.17, 15) is 9.59 Å². The van der Waals surface area contributed by atoms with Crippen LogP contribution in [0.5, 0.6) is 0 Å². The number of hydrogen-bond acceptors (Lipinski definition) is 4. The van der Waals surface area contributed by atoms with E-state index in [0.717, 1.165) is 30.6 Å². The van der Waals surface area contributed by atoms with Crippen LogP contribution in [-0.2, 0) is 4.79 Å². The number of imide groups is 1. The normalized spacial score (nSPS) is 25.8. The van der Waals surface area contributed by atoms with Crippen LogP contribution in [0.4, 0.5) is 4.79 Å². The predicted octanol–water partition coefficient (Wildman–Crippen LogP) is 1.39. The quantitative estimate of drug-likeness (QED) is 0.555. The van der Waals surface area contributed by atoms with Gasteiger partial charge in [0.15, 0.2) is 5.84 Å². The Morgan fingerprint density at radius 2 is 1.88 bits per heavy atom. The molecule has 17 heavy (non-hydrogen) atoms. The fourth-order valence-electron chi connectivity index (χ4n) is 2.51. The molecule has 0 unspecified atom stereocenters. The summed E-state index contributed by atoms with van der Waals surface area (Å²) in [6.45, 7) is 0. The van der Waals surface area contributed by atoms with Crippen molar-refractivity contribution in [3.8, 4) is 0 Å². The van der Waals surface area contributed by atoms with Crippen molar-refractivity contribution in [1.82, 2.24) is 9.80 Å². The maximum atomic E-state index is 12.0. The molecule has 1 aliphatic heterocycles. The lowest BCUT2D eigenvalue weighted by Gasteiger charge is -2.39. The molecule has 0 aromatic rings. The van der Waals surface area contributed by atoms with E-state index in [1.54, 1.807) is 0 Å². The fraction of sp³-hybridized carbons (Fsp3) is 0.727. The van der Waals surface area contributed by atoms with Crippen molar-refractivity contribution in [2.75, 3.05) is 7.05 Å². The molecule has 0 radical (unpaired) electrons. The molecule has 0 atom stereocenters. The molecule has 0 bridgehead atoms. The Morgan fingerprint density at radius 1 is 1.24 bits per heavy atom. The number of hydrogen-bond donors (Lipinski definition) is 1. The monoisotopic (exact) mass is 239 g/mol. The zero-order chi connectivity index (χ0) is 12.4. The van der Waals surface area contributed by atoms with Gasteiger partial charge in [0.05, 0.1) is 6.42 Å². The fourth-order valence-corrected chi connectivity index (χ4v) is 2.51. The van der Waals surface area contributed by atoms with Gasteiger partial charge in [-0.1, -0.05) is 24.4 Å². The lowest BCUT2D eigenvalue weighted by molar-refractivity contribution is -0.127. The van der Waals surface area contributed by atoms with E-state index in [4.69, 9.17) is 5.21 Å². The van der Waals surface area contributed by atoms with Crippen LogP contribution in [0.25, 0.3) is 0 Å². The largest absolute Gasteiger partial charge is 0.409 e. The van der Waals surface area contributed by atoms with Crippen LogP contribution in [0.3, 0.4) is 0 Å². The highest BCUT2D eigenvalue weighted by Gasteiger charge is 2.39. The number of nitrogens with zero attached hydrogens (tertiary/aromatic N) is 3. The predicted molar refractivity (Wildman–Crippen MR) is 60.7 cm³/mol. The van der Waals surface area contributed by atoms with Crippen LogP contribution >= 0.6 is 0 Å². The van der Waals surface area contributed by atoms with Crippen molar-refractivity contribution in [3.63, 3.8) is 0 Å². The summed E-state index contributed by atoms with van der Waals surface area (Å²) in [5.41, 5.74) is 0. The molecule has 0 spiro atoms. The van der Waals surface area contributed by atoms with E-state index < -0.39 is 0 Å². The van der Waals surface area contributed by atoms with Gasteiger partial charge in [-0.2, -0.15) is 0 Å². The van der Waals surface area contributed by atoms with E-state index in [-0.39, 0.29) is 30.2 Å². The Balaban J connectivity index is 2.22. The Labute approximate surface area is 99.9 Å². The van der Waals surface area contributed by atoms with Crippen molar-refractivity contribution >= 4 is 17.8 Å². The van der Waals surface area contributed by atoms with Crippen LogP contribution in [0.2, 0.25) is 0 Å². The van der Waals surface area contributed by atoms with Gasteiger partial charge in [-0.15, -0.1) is 0 Å². The van der Waals surface area contributed by atoms with E-state index in [0.29, 0.717) is 0 Å². The van der Waals surface area contributed by atoms with Gasteiger partial charge in [-0.3, -0.25) is 14.6 Å². The molecule has 2 aliphatic rings. The van der Waals surface area contributed by atoms with Gasteiger partial charge in [0, 0.05) is 13.1 Å². The van der Waals surface area contributed by atoms with Crippen LogP contribution in [0.1, 0.15) is 38.5 Å². The molecule has 94 valence electrons. The molecular formula is C11H17N3O3. The van der Waals surface area contributed by atoms with Crippen molar-refractivity contribution in [2.45, 2.75) is 44.6 Å². The summed E-state index contributed by atoms with van der Waals surface area (Å²) in [6, 6.07) is -0.307. The lowest BCUT2D eigenvalue weighted by Crippen LogP contribution is -2.57. The molecular weight excluding hydrogens is 222 g/mol. The highest BCUT2D eigenvalue weighted by molar-refractivity contribution is 6.15. The standard InChI is InChI=1S/C11H17N3O3/c1-13-10(15)7-9(12-17)14(11(13)16)8-5-3-2-4-6-8/h8,17H,2-7H2,1H3. The number of amides is 3. The maximum absolute atomic E-state index is 12.0. The topological polar surface area (TPSA) is 73.2 Å². The molecule has 1 heterocycles. The minimum absolute atomic E-state index is 0.00472. The second kappa shape index (κ2) is 4.73. The number of carbonyl (C=O) groups is 2. The molecule has 1 saturated heterocycles. The second-order valence-electron chi connectivity index (χ2n) is 4.59. The summed E-state index contributed by atoms with van der Waals surface area (Å²) in [5, 5.41) is 12.1. The molecule has 6 nitrogen and oxygen atoms in total. The Morgan fingerprint density at radius 3 is 2.47 bits per heavy atom. The summed E-state index contributed by atoms with van der Waals surface area (Å²) < 4.78 is 0. The third-order valence-electron chi connectivity index (χ3n) is 3.51. The van der Waals surface area contributed by atoms with Gasteiger partial charge < -0.3 is 5.21 Å². The van der Waals surface area contributed by atoms with Gasteiger partial charge in [0.2, 0.25) is 5.91 Å². The number of urea groups is 1. The smallest absolute Gasteiger partial charge is 0.332 e. The summed E-state index contributed by atoms with van der Waals surface area (Å²) >= 11 is 0. The molecule has 2 fully saturated rings. The Bertz CT molecular complexity index is 361. The first-order valence-corrected chi connectivity index (χ1v) is 5.96. The third kappa shape index (κ3) is 2.11. The molecule has 2 rings (SSSR count). The van der Waals surface area contributed by atoms with E-state index >= 15 is 0 Å². The Kier molecular flexibility index (Phi) is 3.31. The highest BCUT2D eigenvalue weighted by atomic mass is 16.4. The maximum Gasteiger partial charge on any atom is 0.332 e. The van der Waals surface area contributed by atoms with Crippen molar-refractivity contribution in [2.24, 2.45) is 5.16 Å². The number of amidine groups is 1. The number of rotatable bonds is 1. The molecule has 1 N–H and O–H groups in total. The zero-order valence-corrected chi connectivity index (χ0v) is 9.93. The molecule has 6 heteroatoms. The van der Waals surface area contributed by atoms with Gasteiger partial charge in [-0.25, -0.2) is 4.79 Å². The zero-order valence-electron chi connectivity index (χ0n) is 9.93. The summed E-state index contributed by atoms with van der Waals surface area (Å²) in [5.74, 6) is -0.139. The Hall–Kier alpha value is -1.59.